The molecule has 1 aromatic carbocycles. The van der Waals surface area contributed by atoms with Crippen LogP contribution in [-0.2, 0) is 18.0 Å². The molecule has 0 bridgehead atoms. The molecule has 8 nitrogen and oxygen atoms in total. The Morgan fingerprint density at radius 3 is 2.59 bits per heavy atom. The molecule has 0 saturated carbocycles. The number of halogens is 2. The number of benzene rings is 1. The standard InChI is InChI=1S/C19H11F2N5O2S.C4H9N/c1-27-19-25-3-8-9-5-28-6-10(9)12(14(21)15(8)26-19)16-13-7(2-22)18(23)29-17(13)11(20)4-24-16;1-5-3-2-4-5/h3-4H,5-6,23H2,1H3;2-4H2,1H3. The predicted octanol–water partition coefficient (Wildman–Crippen LogP) is 4.00. The maximum atomic E-state index is 15.8. The molecule has 2 N–H and O–H groups in total. The Bertz CT molecular complexity index is 1480. The molecule has 4 aromatic rings. The van der Waals surface area contributed by atoms with Crippen molar-refractivity contribution < 1.29 is 18.3 Å². The third kappa shape index (κ3) is 3.51. The monoisotopic (exact) mass is 482 g/mol. The Hall–Kier alpha value is -3.46. The first-order valence-electron chi connectivity index (χ1n) is 10.5. The summed E-state index contributed by atoms with van der Waals surface area (Å²) in [6, 6.07) is 1.99. The van der Waals surface area contributed by atoms with Crippen molar-refractivity contribution in [3.05, 3.63) is 40.7 Å². The van der Waals surface area contributed by atoms with Crippen LogP contribution in [-0.4, -0.2) is 47.1 Å². The molecule has 0 aliphatic carbocycles. The van der Waals surface area contributed by atoms with E-state index >= 15 is 4.39 Å². The molecule has 3 aromatic heterocycles. The number of nitrogens with two attached hydrogens (primary N) is 1. The van der Waals surface area contributed by atoms with Gasteiger partial charge in [-0.25, -0.2) is 13.8 Å². The molecular formula is C23H20F2N6O2S. The van der Waals surface area contributed by atoms with E-state index in [2.05, 4.69) is 26.9 Å². The fourth-order valence-corrected chi connectivity index (χ4v) is 5.03. The van der Waals surface area contributed by atoms with Crippen molar-refractivity contribution in [1.29, 1.82) is 5.26 Å². The fourth-order valence-electron chi connectivity index (χ4n) is 4.10. The molecule has 11 heteroatoms. The van der Waals surface area contributed by atoms with E-state index in [9.17, 15) is 9.65 Å². The Kier molecular flexibility index (Phi) is 5.73. The summed E-state index contributed by atoms with van der Waals surface area (Å²) >= 11 is 0.929. The first-order valence-corrected chi connectivity index (χ1v) is 11.3. The average Bonchev–Trinajstić information content (AvgIpc) is 3.44. The molecule has 2 aliphatic rings. The zero-order valence-corrected chi connectivity index (χ0v) is 19.3. The molecule has 1 fully saturated rings. The molecule has 0 atom stereocenters. The molecule has 0 unspecified atom stereocenters. The number of rotatable bonds is 2. The minimum atomic E-state index is -0.668. The van der Waals surface area contributed by atoms with Gasteiger partial charge in [0.1, 0.15) is 16.6 Å². The quantitative estimate of drug-likeness (QED) is 0.457. The van der Waals surface area contributed by atoms with Gasteiger partial charge in [-0.1, -0.05) is 0 Å². The third-order valence-electron chi connectivity index (χ3n) is 5.99. The van der Waals surface area contributed by atoms with Gasteiger partial charge in [-0.05, 0) is 37.7 Å². The van der Waals surface area contributed by atoms with Crippen LogP contribution in [0.4, 0.5) is 13.8 Å². The highest BCUT2D eigenvalue weighted by Gasteiger charge is 2.29. The van der Waals surface area contributed by atoms with Crippen molar-refractivity contribution in [3.63, 3.8) is 0 Å². The van der Waals surface area contributed by atoms with Gasteiger partial charge in [-0.15, -0.1) is 11.3 Å². The van der Waals surface area contributed by atoms with Gasteiger partial charge in [0.15, 0.2) is 11.6 Å². The number of nitrogens with zero attached hydrogens (tertiary/aromatic N) is 5. The van der Waals surface area contributed by atoms with Gasteiger partial charge < -0.3 is 20.1 Å². The minimum Gasteiger partial charge on any atom is -0.467 e. The van der Waals surface area contributed by atoms with Gasteiger partial charge in [0.05, 0.1) is 42.5 Å². The molecule has 5 heterocycles. The van der Waals surface area contributed by atoms with E-state index in [0.717, 1.165) is 23.1 Å². The number of likely N-dealkylation sites (tertiary alicyclic amines) is 1. The van der Waals surface area contributed by atoms with E-state index < -0.39 is 11.6 Å². The van der Waals surface area contributed by atoms with Crippen LogP contribution in [0.25, 0.3) is 32.2 Å². The van der Waals surface area contributed by atoms with Crippen molar-refractivity contribution >= 4 is 37.3 Å². The first-order chi connectivity index (χ1) is 16.4. The number of anilines is 1. The summed E-state index contributed by atoms with van der Waals surface area (Å²) < 4.78 is 40.8. The number of methoxy groups -OCH3 is 1. The maximum absolute atomic E-state index is 15.8. The summed E-state index contributed by atoms with van der Waals surface area (Å²) in [5, 5.41) is 10.4. The summed E-state index contributed by atoms with van der Waals surface area (Å²) in [6.45, 7) is 3.03. The minimum absolute atomic E-state index is 0.0101. The highest BCUT2D eigenvalue weighted by molar-refractivity contribution is 7.23. The van der Waals surface area contributed by atoms with E-state index in [-0.39, 0.29) is 56.6 Å². The molecule has 0 radical (unpaired) electrons. The van der Waals surface area contributed by atoms with Crippen molar-refractivity contribution in [3.8, 4) is 23.3 Å². The second kappa shape index (κ2) is 8.72. The number of nitriles is 1. The molecule has 0 spiro atoms. The highest BCUT2D eigenvalue weighted by Crippen LogP contribution is 2.44. The summed E-state index contributed by atoms with van der Waals surface area (Å²) in [5.41, 5.74) is 7.55. The number of hydrogen-bond donors (Lipinski definition) is 1. The highest BCUT2D eigenvalue weighted by atomic mass is 32.1. The summed E-state index contributed by atoms with van der Waals surface area (Å²) in [4.78, 5) is 14.7. The zero-order chi connectivity index (χ0) is 24.0. The smallest absolute Gasteiger partial charge is 0.316 e. The number of fused-ring (bicyclic) bond motifs is 4. The number of hydrogen-bond acceptors (Lipinski definition) is 9. The Morgan fingerprint density at radius 2 is 1.94 bits per heavy atom. The topological polar surface area (TPSA) is 110 Å². The fraction of sp³-hybridized carbons (Fsp3) is 0.304. The van der Waals surface area contributed by atoms with E-state index in [4.69, 9.17) is 15.2 Å². The molecule has 174 valence electrons. The van der Waals surface area contributed by atoms with Crippen LogP contribution < -0.4 is 10.5 Å². The molecule has 1 saturated heterocycles. The molecule has 2 aliphatic heterocycles. The lowest BCUT2D eigenvalue weighted by molar-refractivity contribution is 0.135. The maximum Gasteiger partial charge on any atom is 0.316 e. The Labute approximate surface area is 197 Å². The number of aromatic nitrogens is 3. The zero-order valence-electron chi connectivity index (χ0n) is 18.5. The van der Waals surface area contributed by atoms with E-state index in [1.54, 1.807) is 0 Å². The number of pyridine rings is 1. The lowest BCUT2D eigenvalue weighted by Gasteiger charge is -2.24. The second-order valence-corrected chi connectivity index (χ2v) is 9.08. The number of thiophene rings is 1. The Morgan fingerprint density at radius 1 is 1.21 bits per heavy atom. The van der Waals surface area contributed by atoms with Crippen LogP contribution in [0, 0.1) is 23.0 Å². The van der Waals surface area contributed by atoms with Crippen molar-refractivity contribution in [2.45, 2.75) is 19.6 Å². The van der Waals surface area contributed by atoms with Gasteiger partial charge in [-0.2, -0.15) is 10.2 Å². The third-order valence-corrected chi connectivity index (χ3v) is 7.01. The van der Waals surface area contributed by atoms with Crippen molar-refractivity contribution in [2.75, 3.05) is 33.0 Å². The van der Waals surface area contributed by atoms with Gasteiger partial charge >= 0.3 is 6.01 Å². The van der Waals surface area contributed by atoms with Crippen LogP contribution in [0.15, 0.2) is 12.4 Å². The lowest BCUT2D eigenvalue weighted by Crippen LogP contribution is -2.32. The van der Waals surface area contributed by atoms with Crippen molar-refractivity contribution in [1.82, 2.24) is 19.9 Å². The van der Waals surface area contributed by atoms with Crippen LogP contribution in [0.3, 0.4) is 0 Å². The largest absolute Gasteiger partial charge is 0.467 e. The Balaban J connectivity index is 0.000000429. The van der Waals surface area contributed by atoms with Gasteiger partial charge in [0.25, 0.3) is 0 Å². The molecular weight excluding hydrogens is 462 g/mol. The SMILES string of the molecule is CN1CCC1.COc1ncc2c3c(c(-c4ncc(F)c5sc(N)c(C#N)c45)c(F)c2n1)COC3. The average molecular weight is 483 g/mol. The van der Waals surface area contributed by atoms with E-state index in [0.29, 0.717) is 10.9 Å². The number of ether oxygens (including phenoxy) is 2. The van der Waals surface area contributed by atoms with E-state index in [1.165, 1.54) is 32.8 Å². The molecule has 34 heavy (non-hydrogen) atoms. The van der Waals surface area contributed by atoms with Gasteiger partial charge in [-0.3, -0.25) is 4.98 Å². The lowest BCUT2D eigenvalue weighted by atomic mass is 9.94. The van der Waals surface area contributed by atoms with Crippen LogP contribution >= 0.6 is 11.3 Å². The molecule has 0 amide bonds. The van der Waals surface area contributed by atoms with Crippen LogP contribution in [0.5, 0.6) is 6.01 Å². The second-order valence-electron chi connectivity index (χ2n) is 8.03. The predicted molar refractivity (Wildman–Crippen MR) is 124 cm³/mol. The summed E-state index contributed by atoms with van der Waals surface area (Å²) in [6.07, 6.45) is 3.90. The van der Waals surface area contributed by atoms with Gasteiger partial charge in [0.2, 0.25) is 0 Å². The summed E-state index contributed by atoms with van der Waals surface area (Å²) in [7, 11) is 3.53. The van der Waals surface area contributed by atoms with E-state index in [1.807, 2.05) is 6.07 Å². The van der Waals surface area contributed by atoms with Crippen LogP contribution in [0.2, 0.25) is 0 Å². The normalized spacial score (nSPS) is 14.9. The van der Waals surface area contributed by atoms with Crippen molar-refractivity contribution in [2.24, 2.45) is 0 Å². The van der Waals surface area contributed by atoms with Gasteiger partial charge in [0, 0.05) is 22.5 Å². The number of nitrogen functional groups attached to an aromatic ring is 1. The van der Waals surface area contributed by atoms with Crippen LogP contribution in [0.1, 0.15) is 23.1 Å². The summed E-state index contributed by atoms with van der Waals surface area (Å²) in [5.74, 6) is -1.29. The molecule has 6 rings (SSSR count). The first kappa shape index (κ1) is 22.3.